The van der Waals surface area contributed by atoms with E-state index in [9.17, 15) is 0 Å². The highest BCUT2D eigenvalue weighted by Gasteiger charge is 2.31. The van der Waals surface area contributed by atoms with Crippen molar-refractivity contribution in [2.24, 2.45) is 0 Å². The van der Waals surface area contributed by atoms with E-state index in [1.54, 1.807) is 6.20 Å². The highest BCUT2D eigenvalue weighted by molar-refractivity contribution is 5.60. The van der Waals surface area contributed by atoms with Crippen LogP contribution in [0.3, 0.4) is 0 Å². The molecule has 2 aliphatic heterocycles. The SMILES string of the molecule is Nc1ncccc1NCC1CN2CCCC2CO1. The summed E-state index contributed by atoms with van der Waals surface area (Å²) in [5.41, 5.74) is 6.69. The van der Waals surface area contributed by atoms with E-state index in [-0.39, 0.29) is 6.10 Å². The molecule has 98 valence electrons. The van der Waals surface area contributed by atoms with Crippen molar-refractivity contribution in [3.05, 3.63) is 18.3 Å². The van der Waals surface area contributed by atoms with Crippen molar-refractivity contribution in [1.29, 1.82) is 0 Å². The third-order valence-electron chi connectivity index (χ3n) is 3.82. The molecule has 3 rings (SSSR count). The molecule has 2 unspecified atom stereocenters. The van der Waals surface area contributed by atoms with Gasteiger partial charge in [0, 0.05) is 25.3 Å². The van der Waals surface area contributed by atoms with Gasteiger partial charge in [-0.25, -0.2) is 4.98 Å². The summed E-state index contributed by atoms with van der Waals surface area (Å²) in [7, 11) is 0. The van der Waals surface area contributed by atoms with Crippen molar-refractivity contribution in [1.82, 2.24) is 9.88 Å². The molecule has 0 amide bonds. The Morgan fingerprint density at radius 1 is 1.56 bits per heavy atom. The van der Waals surface area contributed by atoms with E-state index < -0.39 is 0 Å². The number of pyridine rings is 1. The molecule has 3 heterocycles. The second-order valence-electron chi connectivity index (χ2n) is 5.06. The first kappa shape index (κ1) is 11.7. The Morgan fingerprint density at radius 3 is 3.39 bits per heavy atom. The molecule has 2 aliphatic rings. The lowest BCUT2D eigenvalue weighted by Gasteiger charge is -2.35. The lowest BCUT2D eigenvalue weighted by molar-refractivity contribution is -0.0415. The van der Waals surface area contributed by atoms with Gasteiger partial charge in [-0.1, -0.05) is 0 Å². The van der Waals surface area contributed by atoms with E-state index in [4.69, 9.17) is 10.5 Å². The van der Waals surface area contributed by atoms with Crippen molar-refractivity contribution in [2.75, 3.05) is 37.3 Å². The molecule has 0 aliphatic carbocycles. The molecule has 0 radical (unpaired) electrons. The number of nitrogens with zero attached hydrogens (tertiary/aromatic N) is 2. The number of nitrogens with two attached hydrogens (primary N) is 1. The summed E-state index contributed by atoms with van der Waals surface area (Å²) in [4.78, 5) is 6.60. The topological polar surface area (TPSA) is 63.4 Å². The average Bonchev–Trinajstić information content (AvgIpc) is 2.85. The number of nitrogens with one attached hydrogen (secondary N) is 1. The lowest BCUT2D eigenvalue weighted by atomic mass is 10.2. The molecule has 2 atom stereocenters. The van der Waals surface area contributed by atoms with Gasteiger partial charge in [-0.15, -0.1) is 0 Å². The summed E-state index contributed by atoms with van der Waals surface area (Å²) in [6, 6.07) is 4.49. The van der Waals surface area contributed by atoms with E-state index in [1.165, 1.54) is 19.4 Å². The molecule has 0 spiro atoms. The first-order chi connectivity index (χ1) is 8.83. The van der Waals surface area contributed by atoms with Gasteiger partial charge in [0.25, 0.3) is 0 Å². The lowest BCUT2D eigenvalue weighted by Crippen LogP contribution is -2.48. The molecule has 1 aromatic rings. The molecule has 3 N–H and O–H groups in total. The average molecular weight is 248 g/mol. The van der Waals surface area contributed by atoms with E-state index in [0.717, 1.165) is 25.4 Å². The minimum absolute atomic E-state index is 0.249. The summed E-state index contributed by atoms with van der Waals surface area (Å²) >= 11 is 0. The number of ether oxygens (including phenoxy) is 1. The fraction of sp³-hybridized carbons (Fsp3) is 0.615. The second kappa shape index (κ2) is 5.12. The van der Waals surface area contributed by atoms with Gasteiger partial charge in [-0.05, 0) is 31.5 Å². The normalized spacial score (nSPS) is 28.0. The van der Waals surface area contributed by atoms with Gasteiger partial charge in [0.05, 0.1) is 18.4 Å². The number of aromatic nitrogens is 1. The molecule has 0 bridgehead atoms. The van der Waals surface area contributed by atoms with Crippen LogP contribution in [0.1, 0.15) is 12.8 Å². The monoisotopic (exact) mass is 248 g/mol. The number of fused-ring (bicyclic) bond motifs is 1. The zero-order chi connectivity index (χ0) is 12.4. The fourth-order valence-electron chi connectivity index (χ4n) is 2.80. The molecule has 5 nitrogen and oxygen atoms in total. The quantitative estimate of drug-likeness (QED) is 0.833. The van der Waals surface area contributed by atoms with Crippen LogP contribution >= 0.6 is 0 Å². The largest absolute Gasteiger partial charge is 0.382 e. The highest BCUT2D eigenvalue weighted by Crippen LogP contribution is 2.23. The predicted octanol–water partition coefficient (Wildman–Crippen LogP) is 0.939. The standard InChI is InChI=1S/C13H20N4O/c14-13-12(4-1-5-15-13)16-7-11-8-17-6-2-3-10(17)9-18-11/h1,4-5,10-11,16H,2-3,6-9H2,(H2,14,15). The number of nitrogen functional groups attached to an aromatic ring is 1. The third kappa shape index (κ3) is 2.42. The van der Waals surface area contributed by atoms with Gasteiger partial charge in [0.15, 0.2) is 0 Å². The maximum absolute atomic E-state index is 5.89. The van der Waals surface area contributed by atoms with Crippen LogP contribution in [-0.2, 0) is 4.74 Å². The maximum atomic E-state index is 5.89. The van der Waals surface area contributed by atoms with Crippen LogP contribution in [0.4, 0.5) is 11.5 Å². The van der Waals surface area contributed by atoms with Crippen LogP contribution in [-0.4, -0.2) is 48.3 Å². The van der Waals surface area contributed by atoms with Crippen LogP contribution in [0.5, 0.6) is 0 Å². The Labute approximate surface area is 107 Å². The van der Waals surface area contributed by atoms with Gasteiger partial charge < -0.3 is 15.8 Å². The number of rotatable bonds is 3. The van der Waals surface area contributed by atoms with Crippen LogP contribution in [0.25, 0.3) is 0 Å². The summed E-state index contributed by atoms with van der Waals surface area (Å²) in [6.07, 6.45) is 4.55. The van der Waals surface area contributed by atoms with Crippen LogP contribution < -0.4 is 11.1 Å². The number of morpholine rings is 1. The van der Waals surface area contributed by atoms with Gasteiger partial charge in [-0.2, -0.15) is 0 Å². The maximum Gasteiger partial charge on any atom is 0.146 e. The van der Waals surface area contributed by atoms with E-state index in [0.29, 0.717) is 11.9 Å². The first-order valence-corrected chi connectivity index (χ1v) is 6.63. The molecule has 1 aromatic heterocycles. The van der Waals surface area contributed by atoms with Crippen molar-refractivity contribution >= 4 is 11.5 Å². The van der Waals surface area contributed by atoms with Crippen molar-refractivity contribution in [2.45, 2.75) is 25.0 Å². The zero-order valence-electron chi connectivity index (χ0n) is 10.5. The number of hydrogen-bond donors (Lipinski definition) is 2. The van der Waals surface area contributed by atoms with E-state index in [2.05, 4.69) is 15.2 Å². The highest BCUT2D eigenvalue weighted by atomic mass is 16.5. The summed E-state index contributed by atoms with van der Waals surface area (Å²) < 4.78 is 5.89. The smallest absolute Gasteiger partial charge is 0.146 e. The van der Waals surface area contributed by atoms with Crippen molar-refractivity contribution < 1.29 is 4.74 Å². The second-order valence-corrected chi connectivity index (χ2v) is 5.06. The van der Waals surface area contributed by atoms with Gasteiger partial charge >= 0.3 is 0 Å². The van der Waals surface area contributed by atoms with Crippen LogP contribution in [0.15, 0.2) is 18.3 Å². The number of hydrogen-bond acceptors (Lipinski definition) is 5. The Morgan fingerprint density at radius 2 is 2.50 bits per heavy atom. The third-order valence-corrected chi connectivity index (χ3v) is 3.82. The Hall–Kier alpha value is -1.33. The van der Waals surface area contributed by atoms with Crippen LogP contribution in [0, 0.1) is 0 Å². The summed E-state index contributed by atoms with van der Waals surface area (Å²) in [6.45, 7) is 3.91. The van der Waals surface area contributed by atoms with Crippen LogP contribution in [0.2, 0.25) is 0 Å². The van der Waals surface area contributed by atoms with Gasteiger partial charge in [-0.3, -0.25) is 4.90 Å². The Bertz CT molecular complexity index is 412. The van der Waals surface area contributed by atoms with Gasteiger partial charge in [0.1, 0.15) is 5.82 Å². The molecule has 2 fully saturated rings. The van der Waals surface area contributed by atoms with Crippen molar-refractivity contribution in [3.8, 4) is 0 Å². The Kier molecular flexibility index (Phi) is 3.34. The minimum Gasteiger partial charge on any atom is -0.382 e. The first-order valence-electron chi connectivity index (χ1n) is 6.63. The van der Waals surface area contributed by atoms with E-state index >= 15 is 0 Å². The molecule has 18 heavy (non-hydrogen) atoms. The predicted molar refractivity (Wildman–Crippen MR) is 71.5 cm³/mol. The Balaban J connectivity index is 1.53. The molecular weight excluding hydrogens is 228 g/mol. The number of anilines is 2. The van der Waals surface area contributed by atoms with Gasteiger partial charge in [0.2, 0.25) is 0 Å². The molecular formula is C13H20N4O. The summed E-state index contributed by atoms with van der Waals surface area (Å²) in [5.74, 6) is 0.548. The van der Waals surface area contributed by atoms with E-state index in [1.807, 2.05) is 12.1 Å². The molecule has 0 aromatic carbocycles. The molecule has 0 saturated carbocycles. The fourth-order valence-corrected chi connectivity index (χ4v) is 2.80. The minimum atomic E-state index is 0.249. The van der Waals surface area contributed by atoms with Crippen molar-refractivity contribution in [3.63, 3.8) is 0 Å². The zero-order valence-corrected chi connectivity index (χ0v) is 10.5. The molecule has 2 saturated heterocycles. The summed E-state index contributed by atoms with van der Waals surface area (Å²) in [5, 5.41) is 3.32. The molecule has 5 heteroatoms.